The fourth-order valence-corrected chi connectivity index (χ4v) is 7.93. The molecular formula is C47H30N4OS. The van der Waals surface area contributed by atoms with Gasteiger partial charge in [0.2, 0.25) is 5.89 Å². The molecule has 9 aromatic rings. The molecule has 0 N–H and O–H groups in total. The normalized spacial score (nSPS) is 11.9. The number of oxazole rings is 1. The Morgan fingerprint density at radius 2 is 1.26 bits per heavy atom. The lowest BCUT2D eigenvalue weighted by Gasteiger charge is -2.11. The maximum Gasteiger partial charge on any atom is 0.228 e. The third kappa shape index (κ3) is 5.99. The summed E-state index contributed by atoms with van der Waals surface area (Å²) in [5.41, 5.74) is 9.66. The number of hydrogen-bond acceptors (Lipinski definition) is 6. The van der Waals surface area contributed by atoms with E-state index in [-0.39, 0.29) is 0 Å². The predicted molar refractivity (Wildman–Crippen MR) is 219 cm³/mol. The van der Waals surface area contributed by atoms with Crippen molar-refractivity contribution < 1.29 is 4.42 Å². The van der Waals surface area contributed by atoms with Crippen LogP contribution in [0.5, 0.6) is 0 Å². The summed E-state index contributed by atoms with van der Waals surface area (Å²) < 4.78 is 8.46. The first-order chi connectivity index (χ1) is 26.2. The van der Waals surface area contributed by atoms with Gasteiger partial charge in [-0.15, -0.1) is 17.8 Å². The highest BCUT2D eigenvalue weighted by atomic mass is 32.1. The molecule has 5 nitrogen and oxygen atoms in total. The Labute approximate surface area is 310 Å². The summed E-state index contributed by atoms with van der Waals surface area (Å²) in [7, 11) is 0. The summed E-state index contributed by atoms with van der Waals surface area (Å²) >= 11 is 1.72. The summed E-state index contributed by atoms with van der Waals surface area (Å²) in [6.07, 6.45) is 11.2. The molecule has 250 valence electrons. The SMILES string of the molecule is C#C/C=C\C(=C/C)c1ccc(-c2nc(-c3ccc(-c4ccccc4)cc3)nc(-c3cccc4sc5c(-c6nc7ccccc7o6)cccc5c34)n2)cc1. The number of terminal acetylenes is 1. The summed E-state index contributed by atoms with van der Waals surface area (Å²) in [6, 6.07) is 47.5. The average molecular weight is 699 g/mol. The van der Waals surface area contributed by atoms with Crippen LogP contribution in [-0.2, 0) is 0 Å². The van der Waals surface area contributed by atoms with E-state index in [0.29, 0.717) is 23.4 Å². The summed E-state index contributed by atoms with van der Waals surface area (Å²) in [5, 5.41) is 2.18. The quantitative estimate of drug-likeness (QED) is 0.122. The van der Waals surface area contributed by atoms with Crippen molar-refractivity contribution in [2.24, 2.45) is 0 Å². The first-order valence-corrected chi connectivity index (χ1v) is 18.1. The molecule has 0 radical (unpaired) electrons. The molecule has 0 saturated carbocycles. The highest BCUT2D eigenvalue weighted by molar-refractivity contribution is 7.26. The van der Waals surface area contributed by atoms with Gasteiger partial charge in [0, 0.05) is 36.9 Å². The Kier molecular flexibility index (Phi) is 8.24. The van der Waals surface area contributed by atoms with Gasteiger partial charge in [-0.25, -0.2) is 19.9 Å². The van der Waals surface area contributed by atoms with E-state index in [4.69, 9.17) is 30.8 Å². The average Bonchev–Trinajstić information content (AvgIpc) is 3.84. The Hall–Kier alpha value is -6.94. The van der Waals surface area contributed by atoms with E-state index in [1.165, 1.54) is 0 Å². The van der Waals surface area contributed by atoms with Crippen LogP contribution in [0.2, 0.25) is 0 Å². The van der Waals surface area contributed by atoms with E-state index in [9.17, 15) is 0 Å². The lowest BCUT2D eigenvalue weighted by molar-refractivity contribution is 0.621. The van der Waals surface area contributed by atoms with E-state index in [0.717, 1.165) is 75.8 Å². The molecule has 9 rings (SSSR count). The predicted octanol–water partition coefficient (Wildman–Crippen LogP) is 12.3. The fraction of sp³-hybridized carbons (Fsp3) is 0.0213. The molecule has 0 aliphatic rings. The first kappa shape index (κ1) is 32.0. The van der Waals surface area contributed by atoms with E-state index in [1.807, 2.05) is 49.4 Å². The number of aromatic nitrogens is 4. The van der Waals surface area contributed by atoms with Gasteiger partial charge in [-0.05, 0) is 65.6 Å². The molecule has 0 saturated heterocycles. The maximum atomic E-state index is 6.24. The Morgan fingerprint density at radius 1 is 0.623 bits per heavy atom. The van der Waals surface area contributed by atoms with Gasteiger partial charge in [0.25, 0.3) is 0 Å². The number of thiophene rings is 1. The highest BCUT2D eigenvalue weighted by Crippen LogP contribution is 2.44. The van der Waals surface area contributed by atoms with Gasteiger partial charge in [0.15, 0.2) is 23.1 Å². The number of hydrogen-bond donors (Lipinski definition) is 0. The topological polar surface area (TPSA) is 64.7 Å². The molecule has 0 atom stereocenters. The molecular weight excluding hydrogens is 669 g/mol. The molecule has 3 heterocycles. The van der Waals surface area contributed by atoms with E-state index in [1.54, 1.807) is 17.4 Å². The van der Waals surface area contributed by atoms with Crippen LogP contribution in [0.1, 0.15) is 12.5 Å². The zero-order valence-corrected chi connectivity index (χ0v) is 29.5. The minimum atomic E-state index is 0.591. The van der Waals surface area contributed by atoms with Crippen LogP contribution in [0, 0.1) is 12.3 Å². The standard InChI is InChI=1S/C47H30N4OS/c1-3-5-13-30(4-2)32-22-26-34(27-23-32)44-49-45(35-28-24-33(25-29-35)31-14-7-6-8-15-31)51-46(50-44)37-17-12-21-41-42(37)36-16-11-18-38(43(36)53-41)47-48-39-19-9-10-20-40(39)52-47/h1,4-29H,2H3/b13-5-,30-4+. The van der Waals surface area contributed by atoms with Gasteiger partial charge in [-0.3, -0.25) is 0 Å². The van der Waals surface area contributed by atoms with Crippen LogP contribution < -0.4 is 0 Å². The van der Waals surface area contributed by atoms with Crippen molar-refractivity contribution in [2.45, 2.75) is 6.92 Å². The van der Waals surface area contributed by atoms with Crippen LogP contribution in [0.3, 0.4) is 0 Å². The molecule has 6 heteroatoms. The molecule has 0 unspecified atom stereocenters. The zero-order chi connectivity index (χ0) is 35.7. The van der Waals surface area contributed by atoms with Crippen molar-refractivity contribution in [3.8, 4) is 69.1 Å². The fourth-order valence-electron chi connectivity index (χ4n) is 6.70. The maximum absolute atomic E-state index is 6.24. The molecule has 0 aliphatic carbocycles. The lowest BCUT2D eigenvalue weighted by atomic mass is 10.0. The molecule has 0 spiro atoms. The van der Waals surface area contributed by atoms with Crippen LogP contribution in [0.25, 0.3) is 93.6 Å². The largest absolute Gasteiger partial charge is 0.436 e. The van der Waals surface area contributed by atoms with E-state index < -0.39 is 0 Å². The van der Waals surface area contributed by atoms with Gasteiger partial charge in [0.05, 0.1) is 5.56 Å². The van der Waals surface area contributed by atoms with Crippen LogP contribution in [0.15, 0.2) is 162 Å². The van der Waals surface area contributed by atoms with E-state index >= 15 is 0 Å². The summed E-state index contributed by atoms with van der Waals surface area (Å²) in [6.45, 7) is 2.00. The number of benzene rings is 6. The highest BCUT2D eigenvalue weighted by Gasteiger charge is 2.20. The van der Waals surface area contributed by atoms with Crippen molar-refractivity contribution >= 4 is 48.2 Å². The number of nitrogens with zero attached hydrogens (tertiary/aromatic N) is 4. The van der Waals surface area contributed by atoms with Crippen molar-refractivity contribution in [1.82, 2.24) is 19.9 Å². The van der Waals surface area contributed by atoms with Crippen molar-refractivity contribution in [3.05, 3.63) is 163 Å². The number of para-hydroxylation sites is 2. The van der Waals surface area contributed by atoms with Gasteiger partial charge >= 0.3 is 0 Å². The summed E-state index contributed by atoms with van der Waals surface area (Å²) in [5.74, 6) is 4.98. The van der Waals surface area contributed by atoms with Gasteiger partial charge < -0.3 is 4.42 Å². The molecule has 0 bridgehead atoms. The second-order valence-corrected chi connectivity index (χ2v) is 13.6. The minimum absolute atomic E-state index is 0.591. The molecule has 0 aliphatic heterocycles. The zero-order valence-electron chi connectivity index (χ0n) is 28.7. The summed E-state index contributed by atoms with van der Waals surface area (Å²) in [4.78, 5) is 20.2. The van der Waals surface area contributed by atoms with Crippen LogP contribution >= 0.6 is 11.3 Å². The van der Waals surface area contributed by atoms with E-state index in [2.05, 4.69) is 115 Å². The third-order valence-electron chi connectivity index (χ3n) is 9.32. The molecule has 53 heavy (non-hydrogen) atoms. The van der Waals surface area contributed by atoms with Gasteiger partial charge in [0.1, 0.15) is 5.52 Å². The van der Waals surface area contributed by atoms with Crippen molar-refractivity contribution in [3.63, 3.8) is 0 Å². The third-order valence-corrected chi connectivity index (χ3v) is 10.5. The van der Waals surface area contributed by atoms with Crippen LogP contribution in [0.4, 0.5) is 0 Å². The smallest absolute Gasteiger partial charge is 0.228 e. The molecule has 3 aromatic heterocycles. The monoisotopic (exact) mass is 698 g/mol. The lowest BCUT2D eigenvalue weighted by Crippen LogP contribution is -2.00. The second kappa shape index (κ2) is 13.6. The Balaban J connectivity index is 1.20. The number of allylic oxidation sites excluding steroid dienone is 4. The second-order valence-electron chi connectivity index (χ2n) is 12.5. The number of fused-ring (bicyclic) bond motifs is 4. The van der Waals surface area contributed by atoms with Gasteiger partial charge in [-0.1, -0.05) is 127 Å². The number of rotatable bonds is 7. The van der Waals surface area contributed by atoms with Crippen molar-refractivity contribution in [2.75, 3.05) is 0 Å². The molecule has 6 aromatic carbocycles. The Bertz CT molecular complexity index is 2860. The first-order valence-electron chi connectivity index (χ1n) is 17.3. The molecule has 0 fully saturated rings. The van der Waals surface area contributed by atoms with Crippen molar-refractivity contribution in [1.29, 1.82) is 0 Å². The van der Waals surface area contributed by atoms with Gasteiger partial charge in [-0.2, -0.15) is 0 Å². The minimum Gasteiger partial charge on any atom is -0.436 e. The molecule has 0 amide bonds. The van der Waals surface area contributed by atoms with Crippen LogP contribution in [-0.4, -0.2) is 19.9 Å². The Morgan fingerprint density at radius 3 is 2.00 bits per heavy atom.